The van der Waals surface area contributed by atoms with Crippen molar-refractivity contribution in [2.24, 2.45) is 5.92 Å². The summed E-state index contributed by atoms with van der Waals surface area (Å²) in [5.74, 6) is 0.783. The smallest absolute Gasteiger partial charge is 0.0948 e. The molecule has 1 N–H and O–H groups in total. The Kier molecular flexibility index (Phi) is 2.13. The second-order valence-corrected chi connectivity index (χ2v) is 3.66. The molecule has 2 rings (SSSR count). The summed E-state index contributed by atoms with van der Waals surface area (Å²) in [6.45, 7) is 4.53. The number of hydrogen-bond acceptors (Lipinski definition) is 2. The zero-order valence-corrected chi connectivity index (χ0v) is 7.40. The molecule has 0 amide bonds. The summed E-state index contributed by atoms with van der Waals surface area (Å²) in [4.78, 5) is 4.06. The minimum Gasteiger partial charge on any atom is -0.333 e. The average Bonchev–Trinajstić information content (AvgIpc) is 2.56. The summed E-state index contributed by atoms with van der Waals surface area (Å²) >= 11 is 0. The van der Waals surface area contributed by atoms with Gasteiger partial charge in [0.15, 0.2) is 0 Å². The Balaban J connectivity index is 2.04. The Morgan fingerprint density at radius 1 is 1.50 bits per heavy atom. The highest BCUT2D eigenvalue weighted by Crippen LogP contribution is 2.19. The van der Waals surface area contributed by atoms with Crippen LogP contribution in [0.1, 0.15) is 19.4 Å². The van der Waals surface area contributed by atoms with Gasteiger partial charge in [-0.1, -0.05) is 6.92 Å². The molecule has 1 saturated heterocycles. The van der Waals surface area contributed by atoms with Gasteiger partial charge in [-0.25, -0.2) is 4.98 Å². The Labute approximate surface area is 72.8 Å². The van der Waals surface area contributed by atoms with Crippen LogP contribution in [0.25, 0.3) is 0 Å². The van der Waals surface area contributed by atoms with Crippen LogP contribution in [0.15, 0.2) is 18.7 Å². The summed E-state index contributed by atoms with van der Waals surface area (Å²) in [7, 11) is 0. The fourth-order valence-electron chi connectivity index (χ4n) is 1.84. The maximum Gasteiger partial charge on any atom is 0.0948 e. The van der Waals surface area contributed by atoms with Crippen LogP contribution >= 0.6 is 0 Å². The van der Waals surface area contributed by atoms with Crippen molar-refractivity contribution in [3.63, 3.8) is 0 Å². The third-order valence-corrected chi connectivity index (χ3v) is 2.49. The summed E-state index contributed by atoms with van der Waals surface area (Å²) in [6, 6.07) is 0.608. The van der Waals surface area contributed by atoms with Crippen LogP contribution in [0, 0.1) is 5.92 Å². The van der Waals surface area contributed by atoms with Gasteiger partial charge in [0.1, 0.15) is 0 Å². The van der Waals surface area contributed by atoms with Gasteiger partial charge in [-0.3, -0.25) is 0 Å². The van der Waals surface area contributed by atoms with E-state index in [1.807, 2.05) is 18.7 Å². The van der Waals surface area contributed by atoms with E-state index in [1.165, 1.54) is 6.42 Å². The van der Waals surface area contributed by atoms with Crippen LogP contribution in [0.4, 0.5) is 0 Å². The molecule has 0 spiro atoms. The highest BCUT2D eigenvalue weighted by Gasteiger charge is 2.18. The largest absolute Gasteiger partial charge is 0.333 e. The topological polar surface area (TPSA) is 29.9 Å². The van der Waals surface area contributed by atoms with Crippen LogP contribution in [0.2, 0.25) is 0 Å². The SMILES string of the molecule is CC1CNCC(n2ccnc2)C1. The Bertz CT molecular complexity index is 230. The lowest BCUT2D eigenvalue weighted by molar-refractivity contribution is 0.301. The van der Waals surface area contributed by atoms with E-state index in [1.54, 1.807) is 0 Å². The second kappa shape index (κ2) is 3.27. The lowest BCUT2D eigenvalue weighted by Crippen LogP contribution is -2.35. The molecule has 0 radical (unpaired) electrons. The van der Waals surface area contributed by atoms with Gasteiger partial charge in [-0.05, 0) is 18.9 Å². The first-order valence-electron chi connectivity index (χ1n) is 4.54. The Morgan fingerprint density at radius 3 is 3.08 bits per heavy atom. The lowest BCUT2D eigenvalue weighted by atomic mass is 9.98. The third kappa shape index (κ3) is 1.50. The molecular formula is C9H15N3. The van der Waals surface area contributed by atoms with E-state index >= 15 is 0 Å². The average molecular weight is 165 g/mol. The molecule has 2 unspecified atom stereocenters. The molecule has 0 aliphatic carbocycles. The molecule has 1 aliphatic heterocycles. The fraction of sp³-hybridized carbons (Fsp3) is 0.667. The highest BCUT2D eigenvalue weighted by molar-refractivity contribution is 4.85. The number of rotatable bonds is 1. The molecule has 1 fully saturated rings. The predicted octanol–water partition coefficient (Wildman–Crippen LogP) is 1.05. The normalized spacial score (nSPS) is 30.4. The molecule has 1 aromatic heterocycles. The predicted molar refractivity (Wildman–Crippen MR) is 47.9 cm³/mol. The minimum absolute atomic E-state index is 0.608. The molecule has 12 heavy (non-hydrogen) atoms. The second-order valence-electron chi connectivity index (χ2n) is 3.66. The molecular weight excluding hydrogens is 150 g/mol. The molecule has 2 heterocycles. The molecule has 2 atom stereocenters. The van der Waals surface area contributed by atoms with Gasteiger partial charge in [0.25, 0.3) is 0 Å². The number of nitrogens with one attached hydrogen (secondary N) is 1. The first-order valence-corrected chi connectivity index (χ1v) is 4.54. The maximum absolute atomic E-state index is 4.06. The molecule has 3 nitrogen and oxygen atoms in total. The van der Waals surface area contributed by atoms with E-state index in [0.717, 1.165) is 19.0 Å². The van der Waals surface area contributed by atoms with Crippen molar-refractivity contribution < 1.29 is 0 Å². The van der Waals surface area contributed by atoms with Gasteiger partial charge >= 0.3 is 0 Å². The molecule has 0 bridgehead atoms. The quantitative estimate of drug-likeness (QED) is 0.674. The standard InChI is InChI=1S/C9H15N3/c1-8-4-9(6-11-5-8)12-3-2-10-7-12/h2-3,7-9,11H,4-6H2,1H3. The number of imidazole rings is 1. The molecule has 3 heteroatoms. The molecule has 1 aromatic rings. The number of nitrogens with zero attached hydrogens (tertiary/aromatic N) is 2. The van der Waals surface area contributed by atoms with Gasteiger partial charge in [-0.15, -0.1) is 0 Å². The molecule has 66 valence electrons. The zero-order valence-electron chi connectivity index (χ0n) is 7.40. The Hall–Kier alpha value is -0.830. The van der Waals surface area contributed by atoms with Gasteiger partial charge in [0.2, 0.25) is 0 Å². The van der Waals surface area contributed by atoms with Crippen molar-refractivity contribution >= 4 is 0 Å². The zero-order chi connectivity index (χ0) is 8.39. The Morgan fingerprint density at radius 2 is 2.42 bits per heavy atom. The number of piperidine rings is 1. The molecule has 0 saturated carbocycles. The van der Waals surface area contributed by atoms with Gasteiger partial charge in [-0.2, -0.15) is 0 Å². The van der Waals surface area contributed by atoms with E-state index in [9.17, 15) is 0 Å². The van der Waals surface area contributed by atoms with E-state index < -0.39 is 0 Å². The van der Waals surface area contributed by atoms with Crippen molar-refractivity contribution in [3.8, 4) is 0 Å². The summed E-state index contributed by atoms with van der Waals surface area (Å²) in [5, 5.41) is 3.42. The van der Waals surface area contributed by atoms with Crippen molar-refractivity contribution in [3.05, 3.63) is 18.7 Å². The van der Waals surface area contributed by atoms with E-state index in [0.29, 0.717) is 6.04 Å². The minimum atomic E-state index is 0.608. The number of hydrogen-bond donors (Lipinski definition) is 1. The first kappa shape index (κ1) is 7.80. The van der Waals surface area contributed by atoms with Crippen molar-refractivity contribution in [1.82, 2.24) is 14.9 Å². The highest BCUT2D eigenvalue weighted by atomic mass is 15.1. The van der Waals surface area contributed by atoms with E-state index in [2.05, 4.69) is 21.8 Å². The van der Waals surface area contributed by atoms with Crippen molar-refractivity contribution in [2.75, 3.05) is 13.1 Å². The first-order chi connectivity index (χ1) is 5.86. The number of aromatic nitrogens is 2. The van der Waals surface area contributed by atoms with E-state index in [4.69, 9.17) is 0 Å². The molecule has 0 aromatic carbocycles. The van der Waals surface area contributed by atoms with Crippen molar-refractivity contribution in [2.45, 2.75) is 19.4 Å². The third-order valence-electron chi connectivity index (χ3n) is 2.49. The molecule has 1 aliphatic rings. The summed E-state index contributed by atoms with van der Waals surface area (Å²) in [5.41, 5.74) is 0. The van der Waals surface area contributed by atoms with Gasteiger partial charge in [0.05, 0.1) is 6.33 Å². The van der Waals surface area contributed by atoms with Crippen molar-refractivity contribution in [1.29, 1.82) is 0 Å². The lowest BCUT2D eigenvalue weighted by Gasteiger charge is -2.28. The maximum atomic E-state index is 4.06. The van der Waals surface area contributed by atoms with Gasteiger partial charge in [0, 0.05) is 25.0 Å². The van der Waals surface area contributed by atoms with Crippen LogP contribution in [0.3, 0.4) is 0 Å². The van der Waals surface area contributed by atoms with Crippen LogP contribution < -0.4 is 5.32 Å². The van der Waals surface area contributed by atoms with Crippen LogP contribution in [0.5, 0.6) is 0 Å². The summed E-state index contributed by atoms with van der Waals surface area (Å²) < 4.78 is 2.20. The van der Waals surface area contributed by atoms with Crippen LogP contribution in [-0.2, 0) is 0 Å². The van der Waals surface area contributed by atoms with Gasteiger partial charge < -0.3 is 9.88 Å². The monoisotopic (exact) mass is 165 g/mol. The van der Waals surface area contributed by atoms with Crippen LogP contribution in [-0.4, -0.2) is 22.6 Å². The van der Waals surface area contributed by atoms with E-state index in [-0.39, 0.29) is 0 Å². The fourth-order valence-corrected chi connectivity index (χ4v) is 1.84. The summed E-state index contributed by atoms with van der Waals surface area (Å²) in [6.07, 6.45) is 7.07.